The van der Waals surface area contributed by atoms with Crippen molar-refractivity contribution in [1.29, 1.82) is 0 Å². The summed E-state index contributed by atoms with van der Waals surface area (Å²) >= 11 is 0. The zero-order valence-electron chi connectivity index (χ0n) is 12.4. The lowest BCUT2D eigenvalue weighted by Crippen LogP contribution is -2.41. The van der Waals surface area contributed by atoms with Gasteiger partial charge in [0.15, 0.2) is 0 Å². The summed E-state index contributed by atoms with van der Waals surface area (Å²) in [6, 6.07) is 0. The molecule has 0 aromatic carbocycles. The Morgan fingerprint density at radius 1 is 1.05 bits per heavy atom. The van der Waals surface area contributed by atoms with Gasteiger partial charge in [-0.25, -0.2) is 0 Å². The Morgan fingerprint density at radius 3 is 2.10 bits per heavy atom. The van der Waals surface area contributed by atoms with Crippen LogP contribution in [0.3, 0.4) is 0 Å². The molecule has 21 heavy (non-hydrogen) atoms. The van der Waals surface area contributed by atoms with Crippen LogP contribution in [-0.2, 0) is 14.4 Å². The summed E-state index contributed by atoms with van der Waals surface area (Å²) in [5.74, 6) is -1.98. The second-order valence-electron chi connectivity index (χ2n) is 5.52. The van der Waals surface area contributed by atoms with E-state index in [1.54, 1.807) is 4.90 Å². The minimum atomic E-state index is -0.791. The number of carboxylic acids is 2. The summed E-state index contributed by atoms with van der Waals surface area (Å²) in [5, 5.41) is 20.2. The second-order valence-corrected chi connectivity index (χ2v) is 5.52. The van der Waals surface area contributed by atoms with E-state index >= 15 is 0 Å². The van der Waals surface area contributed by atoms with Crippen LogP contribution in [0.15, 0.2) is 0 Å². The highest BCUT2D eigenvalue weighted by molar-refractivity contribution is 5.75. The van der Waals surface area contributed by atoms with Crippen molar-refractivity contribution in [3.05, 3.63) is 0 Å². The first-order valence-corrected chi connectivity index (χ1v) is 7.33. The number of carbonyl (C=O) groups is 3. The van der Waals surface area contributed by atoms with E-state index in [4.69, 9.17) is 10.2 Å². The Morgan fingerprint density at radius 2 is 1.67 bits per heavy atom. The molecule has 2 unspecified atom stereocenters. The quantitative estimate of drug-likeness (QED) is 0.681. The average molecular weight is 300 g/mol. The maximum absolute atomic E-state index is 10.9. The molecule has 0 spiro atoms. The molecule has 2 heterocycles. The van der Waals surface area contributed by atoms with Gasteiger partial charge in [-0.3, -0.25) is 14.4 Å². The number of hydrogen-bond acceptors (Lipinski definition) is 4. The fraction of sp³-hybridized carbons (Fsp3) is 0.786. The number of hydrogen-bond donors (Lipinski definition) is 3. The van der Waals surface area contributed by atoms with Gasteiger partial charge in [-0.05, 0) is 32.2 Å². The largest absolute Gasteiger partial charge is 0.481 e. The fourth-order valence-electron chi connectivity index (χ4n) is 2.53. The topological polar surface area (TPSA) is 107 Å². The lowest BCUT2D eigenvalue weighted by atomic mass is 9.98. The van der Waals surface area contributed by atoms with Crippen LogP contribution in [0, 0.1) is 11.8 Å². The highest BCUT2D eigenvalue weighted by Gasteiger charge is 2.26. The Balaban J connectivity index is 0.000000219. The third-order valence-electron chi connectivity index (χ3n) is 3.86. The Labute approximate surface area is 124 Å². The Bertz CT molecular complexity index is 360. The summed E-state index contributed by atoms with van der Waals surface area (Å²) in [6.07, 6.45) is 3.33. The molecule has 2 atom stereocenters. The van der Waals surface area contributed by atoms with Gasteiger partial charge in [-0.2, -0.15) is 0 Å². The van der Waals surface area contributed by atoms with Crippen molar-refractivity contribution in [3.8, 4) is 0 Å². The molecule has 7 heteroatoms. The molecule has 2 aliphatic rings. The molecule has 0 radical (unpaired) electrons. The molecule has 1 amide bonds. The van der Waals surface area contributed by atoms with Gasteiger partial charge >= 0.3 is 11.9 Å². The van der Waals surface area contributed by atoms with Crippen molar-refractivity contribution < 1.29 is 24.6 Å². The molecule has 0 saturated carbocycles. The van der Waals surface area contributed by atoms with E-state index in [0.29, 0.717) is 26.1 Å². The van der Waals surface area contributed by atoms with Crippen molar-refractivity contribution in [2.24, 2.45) is 11.8 Å². The van der Waals surface area contributed by atoms with E-state index in [1.807, 2.05) is 0 Å². The number of carbonyl (C=O) groups excluding carboxylic acids is 1. The molecule has 0 aromatic heterocycles. The molecule has 0 aromatic rings. The van der Waals surface area contributed by atoms with E-state index in [-0.39, 0.29) is 17.7 Å². The number of nitrogens with one attached hydrogen (secondary N) is 1. The van der Waals surface area contributed by atoms with E-state index in [2.05, 4.69) is 5.32 Å². The summed E-state index contributed by atoms with van der Waals surface area (Å²) in [6.45, 7) is 4.19. The second kappa shape index (κ2) is 8.61. The number of nitrogens with zero attached hydrogens (tertiary/aromatic N) is 1. The molecule has 120 valence electrons. The van der Waals surface area contributed by atoms with Gasteiger partial charge in [0.05, 0.1) is 11.8 Å². The highest BCUT2D eigenvalue weighted by Crippen LogP contribution is 2.16. The summed E-state index contributed by atoms with van der Waals surface area (Å²) < 4.78 is 0. The van der Waals surface area contributed by atoms with E-state index in [0.717, 1.165) is 25.8 Å². The first-order chi connectivity index (χ1) is 9.91. The molecule has 0 bridgehead atoms. The van der Waals surface area contributed by atoms with Crippen LogP contribution in [0.5, 0.6) is 0 Å². The summed E-state index contributed by atoms with van der Waals surface area (Å²) in [5.41, 5.74) is 0. The first-order valence-electron chi connectivity index (χ1n) is 7.33. The van der Waals surface area contributed by atoms with Crippen LogP contribution < -0.4 is 5.32 Å². The van der Waals surface area contributed by atoms with Crippen LogP contribution in [0.1, 0.15) is 32.6 Å². The zero-order valence-corrected chi connectivity index (χ0v) is 12.4. The van der Waals surface area contributed by atoms with Gasteiger partial charge in [-0.1, -0.05) is 0 Å². The Hall–Kier alpha value is -1.63. The van der Waals surface area contributed by atoms with Crippen molar-refractivity contribution in [3.63, 3.8) is 0 Å². The minimum Gasteiger partial charge on any atom is -0.481 e. The van der Waals surface area contributed by atoms with Crippen LogP contribution in [-0.4, -0.2) is 59.1 Å². The van der Waals surface area contributed by atoms with E-state index in [1.165, 1.54) is 6.92 Å². The van der Waals surface area contributed by atoms with E-state index < -0.39 is 11.9 Å². The van der Waals surface area contributed by atoms with Crippen LogP contribution >= 0.6 is 0 Å². The zero-order chi connectivity index (χ0) is 15.8. The number of aliphatic carboxylic acids is 2. The van der Waals surface area contributed by atoms with Crippen molar-refractivity contribution in [2.75, 3.05) is 26.2 Å². The molecule has 2 aliphatic heterocycles. The predicted molar refractivity (Wildman–Crippen MR) is 75.8 cm³/mol. The standard InChI is InChI=1S/C8H13NO3.C6H11NO2/c1-6(10)9-4-2-3-7(5-9)8(11)12;8-6(9)5-2-1-3-7-4-5/h7H,2-5H2,1H3,(H,11,12);5,7H,1-4H2,(H,8,9). The van der Waals surface area contributed by atoms with Gasteiger partial charge in [0.2, 0.25) is 5.91 Å². The highest BCUT2D eigenvalue weighted by atomic mass is 16.4. The monoisotopic (exact) mass is 300 g/mol. The van der Waals surface area contributed by atoms with Gasteiger partial charge in [0.25, 0.3) is 0 Å². The maximum Gasteiger partial charge on any atom is 0.308 e. The lowest BCUT2D eigenvalue weighted by molar-refractivity contribution is -0.145. The number of likely N-dealkylation sites (tertiary alicyclic amines) is 1. The lowest BCUT2D eigenvalue weighted by Gasteiger charge is -2.29. The van der Waals surface area contributed by atoms with Gasteiger partial charge in [-0.15, -0.1) is 0 Å². The molecule has 2 fully saturated rings. The van der Waals surface area contributed by atoms with Gasteiger partial charge < -0.3 is 20.4 Å². The third kappa shape index (κ3) is 6.12. The SMILES string of the molecule is CC(=O)N1CCCC(C(=O)O)C1.O=C(O)C1CCCNC1. The van der Waals surface area contributed by atoms with Crippen molar-refractivity contribution >= 4 is 17.8 Å². The predicted octanol–water partition coefficient (Wildman–Crippen LogP) is 0.400. The summed E-state index contributed by atoms with van der Waals surface area (Å²) in [4.78, 5) is 33.4. The molecule has 2 saturated heterocycles. The molecular formula is C14H24N2O5. The minimum absolute atomic E-state index is 0.0269. The van der Waals surface area contributed by atoms with Crippen molar-refractivity contribution in [2.45, 2.75) is 32.6 Å². The smallest absolute Gasteiger partial charge is 0.308 e. The number of rotatable bonds is 2. The number of amides is 1. The van der Waals surface area contributed by atoms with Crippen LogP contribution in [0.25, 0.3) is 0 Å². The first kappa shape index (κ1) is 17.4. The van der Waals surface area contributed by atoms with Crippen LogP contribution in [0.2, 0.25) is 0 Å². The van der Waals surface area contributed by atoms with Crippen LogP contribution in [0.4, 0.5) is 0 Å². The fourth-order valence-corrected chi connectivity index (χ4v) is 2.53. The molecular weight excluding hydrogens is 276 g/mol. The molecule has 7 nitrogen and oxygen atoms in total. The number of piperidine rings is 2. The van der Waals surface area contributed by atoms with E-state index in [9.17, 15) is 14.4 Å². The summed E-state index contributed by atoms with van der Waals surface area (Å²) in [7, 11) is 0. The molecule has 0 aliphatic carbocycles. The number of carboxylic acid groups (broad SMARTS) is 2. The Kier molecular flexibility index (Phi) is 7.14. The van der Waals surface area contributed by atoms with Gasteiger partial charge in [0, 0.05) is 26.6 Å². The average Bonchev–Trinajstić information content (AvgIpc) is 2.49. The molecule has 3 N–H and O–H groups in total. The normalized spacial score (nSPS) is 25.5. The molecule has 2 rings (SSSR count). The van der Waals surface area contributed by atoms with Gasteiger partial charge in [0.1, 0.15) is 0 Å². The maximum atomic E-state index is 10.9. The van der Waals surface area contributed by atoms with Crippen molar-refractivity contribution in [1.82, 2.24) is 10.2 Å². The third-order valence-corrected chi connectivity index (χ3v) is 3.86.